The van der Waals surface area contributed by atoms with Gasteiger partial charge in [0.05, 0.1) is 20.8 Å². The smallest absolute Gasteiger partial charge is 0.335 e. The van der Waals surface area contributed by atoms with Crippen molar-refractivity contribution in [2.75, 3.05) is 5.73 Å². The molecule has 0 fully saturated rings. The lowest BCUT2D eigenvalue weighted by Gasteiger charge is -2.04. The molecule has 27 heavy (non-hydrogen) atoms. The Hall–Kier alpha value is -3.32. The Morgan fingerprint density at radius 3 is 2.85 bits per heavy atom. The molecule has 0 unspecified atom stereocenters. The lowest BCUT2D eigenvalue weighted by molar-refractivity contribution is 0.0696. The number of rotatable bonds is 4. The Morgan fingerprint density at radius 2 is 2.07 bits per heavy atom. The van der Waals surface area contributed by atoms with E-state index in [9.17, 15) is 4.79 Å². The maximum Gasteiger partial charge on any atom is 0.335 e. The van der Waals surface area contributed by atoms with E-state index >= 15 is 0 Å². The summed E-state index contributed by atoms with van der Waals surface area (Å²) in [6.07, 6.45) is 4.08. The van der Waals surface area contributed by atoms with Crippen LogP contribution in [0.4, 0.5) is 5.95 Å². The largest absolute Gasteiger partial charge is 0.478 e. The molecule has 0 atom stereocenters. The molecular weight excluding hydrogens is 360 g/mol. The third-order valence-corrected chi connectivity index (χ3v) is 5.61. The number of pyridine rings is 1. The predicted octanol–water partition coefficient (Wildman–Crippen LogP) is 3.93. The van der Waals surface area contributed by atoms with Crippen molar-refractivity contribution in [1.29, 1.82) is 0 Å². The summed E-state index contributed by atoms with van der Waals surface area (Å²) in [5.74, 6) is -0.677. The fourth-order valence-corrected chi connectivity index (χ4v) is 4.16. The van der Waals surface area contributed by atoms with E-state index in [4.69, 9.17) is 10.8 Å². The number of nitrogen functional groups attached to an aromatic ring is 1. The monoisotopic (exact) mass is 376 g/mol. The van der Waals surface area contributed by atoms with Crippen LogP contribution < -0.4 is 5.73 Å². The number of aromatic carboxylic acids is 1. The molecule has 4 rings (SSSR count). The van der Waals surface area contributed by atoms with Crippen LogP contribution in [0.2, 0.25) is 0 Å². The highest BCUT2D eigenvalue weighted by Gasteiger charge is 2.13. The predicted molar refractivity (Wildman–Crippen MR) is 106 cm³/mol. The summed E-state index contributed by atoms with van der Waals surface area (Å²) in [6, 6.07) is 10.8. The molecule has 0 saturated carbocycles. The Morgan fingerprint density at radius 1 is 1.22 bits per heavy atom. The van der Waals surface area contributed by atoms with E-state index in [1.807, 2.05) is 18.3 Å². The standard InChI is InChI=1S/C20H16N4O2S/c1-11-15-9-14(8-12-3-2-4-13(7-12)19(25)26)23-10-17(15)27-18(11)16-5-6-22-20(21)24-16/h2-7,9-10H,8H2,1H3,(H,25,26)(H2,21,22,24). The van der Waals surface area contributed by atoms with Gasteiger partial charge < -0.3 is 10.8 Å². The van der Waals surface area contributed by atoms with Crippen molar-refractivity contribution in [2.24, 2.45) is 0 Å². The summed E-state index contributed by atoms with van der Waals surface area (Å²) in [6.45, 7) is 2.06. The van der Waals surface area contributed by atoms with E-state index in [-0.39, 0.29) is 11.5 Å². The van der Waals surface area contributed by atoms with E-state index in [2.05, 4.69) is 27.9 Å². The van der Waals surface area contributed by atoms with Crippen molar-refractivity contribution in [3.63, 3.8) is 0 Å². The van der Waals surface area contributed by atoms with Gasteiger partial charge in [0.25, 0.3) is 0 Å². The molecule has 134 valence electrons. The molecule has 4 aromatic rings. The zero-order valence-corrected chi connectivity index (χ0v) is 15.3. The third kappa shape index (κ3) is 3.37. The second-order valence-electron chi connectivity index (χ2n) is 6.21. The molecule has 3 heterocycles. The SMILES string of the molecule is Cc1c(-c2ccnc(N)n2)sc2cnc(Cc3cccc(C(=O)O)c3)cc12. The van der Waals surface area contributed by atoms with Crippen LogP contribution in [0.3, 0.4) is 0 Å². The van der Waals surface area contributed by atoms with Crippen LogP contribution in [0, 0.1) is 6.92 Å². The maximum atomic E-state index is 11.2. The molecule has 0 spiro atoms. The molecule has 7 heteroatoms. The number of anilines is 1. The fraction of sp³-hybridized carbons (Fsp3) is 0.100. The van der Waals surface area contributed by atoms with Gasteiger partial charge in [-0.15, -0.1) is 11.3 Å². The minimum atomic E-state index is -0.928. The second kappa shape index (κ2) is 6.77. The number of carboxylic acids is 1. The van der Waals surface area contributed by atoms with Crippen LogP contribution in [0.25, 0.3) is 20.7 Å². The molecule has 0 amide bonds. The van der Waals surface area contributed by atoms with Crippen LogP contribution in [-0.2, 0) is 6.42 Å². The van der Waals surface area contributed by atoms with Gasteiger partial charge in [0.1, 0.15) is 0 Å². The number of carbonyl (C=O) groups is 1. The van der Waals surface area contributed by atoms with Crippen LogP contribution >= 0.6 is 11.3 Å². The van der Waals surface area contributed by atoms with Gasteiger partial charge in [0, 0.05) is 24.5 Å². The number of hydrogen-bond donors (Lipinski definition) is 2. The van der Waals surface area contributed by atoms with Gasteiger partial charge in [-0.1, -0.05) is 12.1 Å². The fourth-order valence-electron chi connectivity index (χ4n) is 3.03. The summed E-state index contributed by atoms with van der Waals surface area (Å²) in [7, 11) is 0. The van der Waals surface area contributed by atoms with Crippen LogP contribution in [0.15, 0.2) is 48.8 Å². The number of thiophene rings is 1. The topological polar surface area (TPSA) is 102 Å². The van der Waals surface area contributed by atoms with Crippen LogP contribution in [0.1, 0.15) is 27.2 Å². The van der Waals surface area contributed by atoms with Gasteiger partial charge in [0.2, 0.25) is 5.95 Å². The van der Waals surface area contributed by atoms with E-state index in [1.165, 1.54) is 0 Å². The average Bonchev–Trinajstić information content (AvgIpc) is 2.98. The number of aryl methyl sites for hydroxylation is 1. The molecule has 3 N–H and O–H groups in total. The average molecular weight is 376 g/mol. The molecule has 0 saturated heterocycles. The molecule has 0 aliphatic rings. The first-order chi connectivity index (χ1) is 13.0. The molecule has 0 aliphatic carbocycles. The number of carboxylic acid groups (broad SMARTS) is 1. The number of aromatic nitrogens is 3. The Bertz CT molecular complexity index is 1170. The van der Waals surface area contributed by atoms with Gasteiger partial charge in [-0.25, -0.2) is 14.8 Å². The van der Waals surface area contributed by atoms with Gasteiger partial charge >= 0.3 is 5.97 Å². The molecule has 6 nitrogen and oxygen atoms in total. The minimum Gasteiger partial charge on any atom is -0.478 e. The zero-order valence-electron chi connectivity index (χ0n) is 14.5. The van der Waals surface area contributed by atoms with Crippen molar-refractivity contribution in [3.05, 3.63) is 71.2 Å². The highest BCUT2D eigenvalue weighted by atomic mass is 32.1. The summed E-state index contributed by atoms with van der Waals surface area (Å²) >= 11 is 1.62. The van der Waals surface area contributed by atoms with Crippen molar-refractivity contribution < 1.29 is 9.90 Å². The molecule has 0 radical (unpaired) electrons. The molecule has 0 aliphatic heterocycles. The highest BCUT2D eigenvalue weighted by Crippen LogP contribution is 2.37. The molecule has 0 bridgehead atoms. The van der Waals surface area contributed by atoms with E-state index in [1.54, 1.807) is 35.7 Å². The maximum absolute atomic E-state index is 11.2. The summed E-state index contributed by atoms with van der Waals surface area (Å²) < 4.78 is 1.07. The van der Waals surface area contributed by atoms with Crippen molar-refractivity contribution >= 4 is 33.3 Å². The number of hydrogen-bond acceptors (Lipinski definition) is 6. The van der Waals surface area contributed by atoms with E-state index < -0.39 is 5.97 Å². The van der Waals surface area contributed by atoms with Gasteiger partial charge in [-0.3, -0.25) is 4.98 Å². The summed E-state index contributed by atoms with van der Waals surface area (Å²) in [5, 5.41) is 10.3. The molecule has 1 aromatic carbocycles. The van der Waals surface area contributed by atoms with Crippen LogP contribution in [0.5, 0.6) is 0 Å². The quantitative estimate of drug-likeness (QED) is 0.559. The Kier molecular flexibility index (Phi) is 4.29. The molecular formula is C20H16N4O2S. The van der Waals surface area contributed by atoms with Gasteiger partial charge in [-0.05, 0) is 47.7 Å². The lowest BCUT2D eigenvalue weighted by atomic mass is 10.0. The third-order valence-electron chi connectivity index (χ3n) is 4.35. The molecule has 3 aromatic heterocycles. The van der Waals surface area contributed by atoms with Crippen molar-refractivity contribution in [2.45, 2.75) is 13.3 Å². The summed E-state index contributed by atoms with van der Waals surface area (Å²) in [5.41, 5.74) is 9.72. The normalized spacial score (nSPS) is 11.0. The van der Waals surface area contributed by atoms with Gasteiger partial charge in [0.15, 0.2) is 0 Å². The first-order valence-electron chi connectivity index (χ1n) is 8.30. The number of fused-ring (bicyclic) bond motifs is 1. The van der Waals surface area contributed by atoms with Crippen molar-refractivity contribution in [3.8, 4) is 10.6 Å². The lowest BCUT2D eigenvalue weighted by Crippen LogP contribution is -1.98. The second-order valence-corrected chi connectivity index (χ2v) is 7.26. The zero-order chi connectivity index (χ0) is 19.0. The Labute approximate surface area is 159 Å². The number of nitrogens with two attached hydrogens (primary N) is 1. The van der Waals surface area contributed by atoms with Crippen LogP contribution in [-0.4, -0.2) is 26.0 Å². The highest BCUT2D eigenvalue weighted by molar-refractivity contribution is 7.22. The summed E-state index contributed by atoms with van der Waals surface area (Å²) in [4.78, 5) is 25.0. The number of nitrogens with zero attached hydrogens (tertiary/aromatic N) is 3. The van der Waals surface area contributed by atoms with E-state index in [0.29, 0.717) is 6.42 Å². The van der Waals surface area contributed by atoms with E-state index in [0.717, 1.165) is 37.5 Å². The van der Waals surface area contributed by atoms with Crippen molar-refractivity contribution in [1.82, 2.24) is 15.0 Å². The van der Waals surface area contributed by atoms with Gasteiger partial charge in [-0.2, -0.15) is 0 Å². The number of benzene rings is 1. The Balaban J connectivity index is 1.71. The minimum absolute atomic E-state index is 0.251. The first kappa shape index (κ1) is 17.1. The first-order valence-corrected chi connectivity index (χ1v) is 9.12.